The highest BCUT2D eigenvalue weighted by Crippen LogP contribution is 2.19. The van der Waals surface area contributed by atoms with Crippen molar-refractivity contribution in [3.05, 3.63) is 92.1 Å². The highest BCUT2D eigenvalue weighted by Gasteiger charge is 2.18. The third-order valence-electron chi connectivity index (χ3n) is 4.85. The van der Waals surface area contributed by atoms with Gasteiger partial charge in [-0.2, -0.15) is 0 Å². The van der Waals surface area contributed by atoms with Gasteiger partial charge in [0.2, 0.25) is 5.91 Å². The molecule has 0 saturated heterocycles. The predicted molar refractivity (Wildman–Crippen MR) is 120 cm³/mol. The predicted octanol–water partition coefficient (Wildman–Crippen LogP) is 2.44. The van der Waals surface area contributed by atoms with E-state index >= 15 is 0 Å². The molecule has 0 spiro atoms. The van der Waals surface area contributed by atoms with E-state index in [1.54, 1.807) is 24.3 Å². The molecule has 0 atom stereocenters. The van der Waals surface area contributed by atoms with Crippen molar-refractivity contribution in [2.45, 2.75) is 13.1 Å². The van der Waals surface area contributed by atoms with Crippen LogP contribution in [0.15, 0.2) is 64.4 Å². The zero-order valence-corrected chi connectivity index (χ0v) is 18.0. The van der Waals surface area contributed by atoms with Gasteiger partial charge in [0.05, 0.1) is 18.7 Å². The molecule has 2 aromatic carbocycles. The summed E-state index contributed by atoms with van der Waals surface area (Å²) in [4.78, 5) is 46.9. The Morgan fingerprint density at radius 3 is 2.52 bits per heavy atom. The summed E-state index contributed by atoms with van der Waals surface area (Å²) in [5.41, 5.74) is -0.498. The Balaban J connectivity index is 1.72. The van der Waals surface area contributed by atoms with Crippen molar-refractivity contribution in [1.29, 1.82) is 0 Å². The van der Waals surface area contributed by atoms with E-state index in [1.807, 2.05) is 0 Å². The Bertz CT molecular complexity index is 1470. The lowest BCUT2D eigenvalue weighted by Crippen LogP contribution is -2.42. The topological polar surface area (TPSA) is 108 Å². The molecule has 1 amide bonds. The zero-order chi connectivity index (χ0) is 23.5. The molecule has 4 aromatic rings. The highest BCUT2D eigenvalue weighted by molar-refractivity contribution is 6.31. The third kappa shape index (κ3) is 4.60. The summed E-state index contributed by atoms with van der Waals surface area (Å²) in [5.74, 6) is -0.593. The van der Waals surface area contributed by atoms with Gasteiger partial charge in [-0.25, -0.2) is 19.2 Å². The smallest absolute Gasteiger partial charge is 0.333 e. The number of fused-ring (bicyclic) bond motifs is 1. The number of aromatic nitrogens is 4. The van der Waals surface area contributed by atoms with E-state index in [0.717, 1.165) is 15.2 Å². The second kappa shape index (κ2) is 9.21. The average Bonchev–Trinajstić information content (AvgIpc) is 2.82. The van der Waals surface area contributed by atoms with E-state index < -0.39 is 29.5 Å². The number of carbonyl (C=O) groups is 1. The summed E-state index contributed by atoms with van der Waals surface area (Å²) >= 11 is 5.75. The van der Waals surface area contributed by atoms with Gasteiger partial charge in [-0.15, -0.1) is 0 Å². The molecule has 0 bridgehead atoms. The molecule has 11 heteroatoms. The van der Waals surface area contributed by atoms with Crippen molar-refractivity contribution in [3.63, 3.8) is 0 Å². The molecule has 2 aromatic heterocycles. The normalized spacial score (nSPS) is 10.9. The first-order valence-electron chi connectivity index (χ1n) is 9.69. The van der Waals surface area contributed by atoms with Gasteiger partial charge >= 0.3 is 5.69 Å². The number of hydrogen-bond donors (Lipinski definition) is 1. The maximum atomic E-state index is 13.4. The number of nitrogens with zero attached hydrogens (tertiary/aromatic N) is 4. The fourth-order valence-corrected chi connectivity index (χ4v) is 3.42. The molecule has 0 saturated carbocycles. The molecule has 1 N–H and O–H groups in total. The molecule has 0 radical (unpaired) electrons. The lowest BCUT2D eigenvalue weighted by Gasteiger charge is -2.13. The number of nitrogens with one attached hydrogen (secondary N) is 1. The largest absolute Gasteiger partial charge is 0.497 e. The van der Waals surface area contributed by atoms with Gasteiger partial charge in [-0.3, -0.25) is 18.7 Å². The van der Waals surface area contributed by atoms with Gasteiger partial charge in [0.15, 0.2) is 11.2 Å². The molecule has 9 nitrogen and oxygen atoms in total. The van der Waals surface area contributed by atoms with Crippen molar-refractivity contribution in [2.24, 2.45) is 0 Å². The van der Waals surface area contributed by atoms with Gasteiger partial charge in [0.25, 0.3) is 5.56 Å². The summed E-state index contributed by atoms with van der Waals surface area (Å²) in [6.07, 6.45) is 2.65. The number of amides is 1. The fourth-order valence-electron chi connectivity index (χ4n) is 3.24. The van der Waals surface area contributed by atoms with Crippen molar-refractivity contribution in [3.8, 4) is 5.75 Å². The van der Waals surface area contributed by atoms with Crippen LogP contribution >= 0.6 is 11.6 Å². The molecule has 0 aliphatic carbocycles. The maximum Gasteiger partial charge on any atom is 0.333 e. The van der Waals surface area contributed by atoms with Crippen molar-refractivity contribution < 1.29 is 13.9 Å². The van der Waals surface area contributed by atoms with Crippen LogP contribution in [0.25, 0.3) is 11.2 Å². The van der Waals surface area contributed by atoms with Gasteiger partial charge in [-0.1, -0.05) is 23.7 Å². The monoisotopic (exact) mass is 469 g/mol. The summed E-state index contributed by atoms with van der Waals surface area (Å²) in [5, 5.41) is 2.39. The summed E-state index contributed by atoms with van der Waals surface area (Å²) < 4.78 is 20.5. The number of rotatable bonds is 6. The van der Waals surface area contributed by atoms with Gasteiger partial charge in [0.1, 0.15) is 18.1 Å². The number of methoxy groups -OCH3 is 1. The number of hydrogen-bond acceptors (Lipinski definition) is 6. The first kappa shape index (κ1) is 22.2. The number of benzene rings is 2. The molecule has 0 unspecified atom stereocenters. The van der Waals surface area contributed by atoms with E-state index in [9.17, 15) is 18.8 Å². The summed E-state index contributed by atoms with van der Waals surface area (Å²) in [6, 6.07) is 10.6. The van der Waals surface area contributed by atoms with E-state index in [2.05, 4.69) is 15.3 Å². The van der Waals surface area contributed by atoms with E-state index in [0.29, 0.717) is 11.3 Å². The van der Waals surface area contributed by atoms with Crippen LogP contribution in [0.3, 0.4) is 0 Å². The second-order valence-corrected chi connectivity index (χ2v) is 7.42. The van der Waals surface area contributed by atoms with Gasteiger partial charge in [-0.05, 0) is 35.9 Å². The van der Waals surface area contributed by atoms with Crippen LogP contribution in [0.2, 0.25) is 5.02 Å². The van der Waals surface area contributed by atoms with Crippen LogP contribution in [0, 0.1) is 5.82 Å². The average molecular weight is 470 g/mol. The van der Waals surface area contributed by atoms with Crippen LogP contribution < -0.4 is 21.3 Å². The minimum absolute atomic E-state index is 0.0224. The van der Waals surface area contributed by atoms with Gasteiger partial charge < -0.3 is 10.1 Å². The first-order valence-corrected chi connectivity index (χ1v) is 10.1. The Kier molecular flexibility index (Phi) is 6.18. The number of ether oxygens (including phenoxy) is 1. The molecular weight excluding hydrogens is 453 g/mol. The van der Waals surface area contributed by atoms with Crippen LogP contribution in [0.5, 0.6) is 5.75 Å². The van der Waals surface area contributed by atoms with Crippen molar-refractivity contribution in [2.75, 3.05) is 12.4 Å². The zero-order valence-electron chi connectivity index (χ0n) is 17.3. The van der Waals surface area contributed by atoms with Crippen molar-refractivity contribution in [1.82, 2.24) is 19.1 Å². The minimum Gasteiger partial charge on any atom is -0.497 e. The lowest BCUT2D eigenvalue weighted by molar-refractivity contribution is -0.116. The summed E-state index contributed by atoms with van der Waals surface area (Å²) in [7, 11) is 1.53. The Labute approximate surface area is 191 Å². The van der Waals surface area contributed by atoms with Crippen LogP contribution in [0.1, 0.15) is 5.56 Å². The first-order chi connectivity index (χ1) is 15.9. The lowest BCUT2D eigenvalue weighted by atomic mass is 10.2. The molecular formula is C22H17ClFN5O4. The summed E-state index contributed by atoms with van der Waals surface area (Å²) in [6.45, 7) is -0.491. The Morgan fingerprint density at radius 1 is 1.09 bits per heavy atom. The second-order valence-electron chi connectivity index (χ2n) is 7.01. The standard InChI is InChI=1S/C22H17ClFN5O4/c1-33-15-5-2-13(3-6-15)11-29-21(31)19-20(26-9-8-25-19)28(22(29)32)12-18(30)27-14-4-7-17(24)16(23)10-14/h2-10H,11-12H2,1H3,(H,27,30). The Morgan fingerprint density at radius 2 is 1.82 bits per heavy atom. The Hall–Kier alpha value is -4.05. The molecule has 0 fully saturated rings. The minimum atomic E-state index is -0.726. The number of halogens is 2. The van der Waals surface area contributed by atoms with Crippen molar-refractivity contribution >= 4 is 34.4 Å². The van der Waals surface area contributed by atoms with E-state index in [4.69, 9.17) is 16.3 Å². The quantitative estimate of drug-likeness (QED) is 0.464. The molecule has 33 heavy (non-hydrogen) atoms. The fraction of sp³-hybridized carbons (Fsp3) is 0.136. The third-order valence-corrected chi connectivity index (χ3v) is 5.14. The highest BCUT2D eigenvalue weighted by atomic mass is 35.5. The van der Waals surface area contributed by atoms with Gasteiger partial charge in [0, 0.05) is 18.1 Å². The SMILES string of the molecule is COc1ccc(Cn2c(=O)c3nccnc3n(CC(=O)Nc3ccc(F)c(Cl)c3)c2=O)cc1. The number of anilines is 1. The molecule has 168 valence electrons. The molecule has 0 aliphatic heterocycles. The van der Waals surface area contributed by atoms with Crippen LogP contribution in [0.4, 0.5) is 10.1 Å². The van der Waals surface area contributed by atoms with Crippen LogP contribution in [-0.2, 0) is 17.9 Å². The molecule has 4 rings (SSSR count). The number of carbonyl (C=O) groups excluding carboxylic acids is 1. The van der Waals surface area contributed by atoms with E-state index in [1.165, 1.54) is 31.6 Å². The molecule has 0 aliphatic rings. The molecule has 2 heterocycles. The maximum absolute atomic E-state index is 13.4. The van der Waals surface area contributed by atoms with Crippen LogP contribution in [-0.4, -0.2) is 32.1 Å². The van der Waals surface area contributed by atoms with E-state index in [-0.39, 0.29) is 28.4 Å².